The molecular weight excluding hydrogens is 124 g/mol. The fourth-order valence-corrected chi connectivity index (χ4v) is 1.08. The minimum atomic E-state index is 1.02. The van der Waals surface area contributed by atoms with Crippen molar-refractivity contribution in [2.45, 2.75) is 0 Å². The molecule has 10 heavy (non-hydrogen) atoms. The van der Waals surface area contributed by atoms with Crippen LogP contribution in [0, 0.1) is 0 Å². The van der Waals surface area contributed by atoms with E-state index in [2.05, 4.69) is 49.2 Å². The van der Waals surface area contributed by atoms with E-state index >= 15 is 0 Å². The van der Waals surface area contributed by atoms with Crippen molar-refractivity contribution in [2.24, 2.45) is 0 Å². The van der Waals surface area contributed by atoms with Gasteiger partial charge in [-0.3, -0.25) is 0 Å². The zero-order chi connectivity index (χ0) is 7.56. The summed E-state index contributed by atoms with van der Waals surface area (Å²) in [6, 6.07) is 0. The van der Waals surface area contributed by atoms with Gasteiger partial charge in [-0.2, -0.15) is 0 Å². The quantitative estimate of drug-likeness (QED) is 0.531. The molecule has 0 aromatic carbocycles. The van der Waals surface area contributed by atoms with E-state index in [0.717, 1.165) is 6.54 Å². The van der Waals surface area contributed by atoms with Crippen LogP contribution >= 0.6 is 0 Å². The van der Waals surface area contributed by atoms with E-state index in [1.165, 1.54) is 5.82 Å². The van der Waals surface area contributed by atoms with Gasteiger partial charge in [-0.1, -0.05) is 12.2 Å². The Balaban J connectivity index is 2.70. The highest BCUT2D eigenvalue weighted by Crippen LogP contribution is 2.08. The van der Waals surface area contributed by atoms with Crippen molar-refractivity contribution < 1.29 is 0 Å². The van der Waals surface area contributed by atoms with Gasteiger partial charge in [0.15, 0.2) is 0 Å². The molecular formula is C8H14N2. The second-order valence-electron chi connectivity index (χ2n) is 2.73. The number of hydrogen-bond donors (Lipinski definition) is 0. The summed E-state index contributed by atoms with van der Waals surface area (Å²) in [7, 11) is 6.21. The molecule has 0 N–H and O–H groups in total. The standard InChI is InChI=1S/C8H14N2/c1-9(2)8-6-4-5-7-10(8)3/h4-6H,7H2,1-3H3. The van der Waals surface area contributed by atoms with Gasteiger partial charge in [0, 0.05) is 27.7 Å². The fourth-order valence-electron chi connectivity index (χ4n) is 1.08. The summed E-state index contributed by atoms with van der Waals surface area (Å²) in [6.07, 6.45) is 6.35. The summed E-state index contributed by atoms with van der Waals surface area (Å²) >= 11 is 0. The van der Waals surface area contributed by atoms with E-state index in [-0.39, 0.29) is 0 Å². The van der Waals surface area contributed by atoms with Crippen LogP contribution in [0.2, 0.25) is 0 Å². The number of allylic oxidation sites excluding steroid dienone is 2. The smallest absolute Gasteiger partial charge is 0.103 e. The highest BCUT2D eigenvalue weighted by molar-refractivity contribution is 5.15. The van der Waals surface area contributed by atoms with Crippen LogP contribution < -0.4 is 0 Å². The lowest BCUT2D eigenvalue weighted by molar-refractivity contribution is 0.318. The first-order valence-electron chi connectivity index (χ1n) is 3.47. The molecule has 56 valence electrons. The number of likely N-dealkylation sites (N-methyl/N-ethyl adjacent to an activating group) is 1. The van der Waals surface area contributed by atoms with Crippen molar-refractivity contribution in [3.63, 3.8) is 0 Å². The zero-order valence-electron chi connectivity index (χ0n) is 6.83. The molecule has 0 spiro atoms. The van der Waals surface area contributed by atoms with Crippen LogP contribution in [0.1, 0.15) is 0 Å². The predicted octanol–water partition coefficient (Wildman–Crippen LogP) is 0.891. The van der Waals surface area contributed by atoms with Crippen molar-refractivity contribution in [3.8, 4) is 0 Å². The molecule has 0 bridgehead atoms. The Morgan fingerprint density at radius 1 is 1.50 bits per heavy atom. The summed E-state index contributed by atoms with van der Waals surface area (Å²) in [6.45, 7) is 1.02. The molecule has 0 radical (unpaired) electrons. The van der Waals surface area contributed by atoms with Gasteiger partial charge in [0.05, 0.1) is 0 Å². The molecule has 2 nitrogen and oxygen atoms in total. The summed E-state index contributed by atoms with van der Waals surface area (Å²) in [4.78, 5) is 4.32. The van der Waals surface area contributed by atoms with Gasteiger partial charge >= 0.3 is 0 Å². The van der Waals surface area contributed by atoms with E-state index < -0.39 is 0 Å². The molecule has 1 aliphatic rings. The predicted molar refractivity (Wildman–Crippen MR) is 43.5 cm³/mol. The Morgan fingerprint density at radius 2 is 2.20 bits per heavy atom. The maximum absolute atomic E-state index is 2.21. The molecule has 0 saturated carbocycles. The van der Waals surface area contributed by atoms with Gasteiger partial charge in [-0.05, 0) is 6.08 Å². The SMILES string of the molecule is CN(C)C1=CC=CCN1C. The fraction of sp³-hybridized carbons (Fsp3) is 0.500. The molecule has 0 aliphatic carbocycles. The molecule has 1 heterocycles. The van der Waals surface area contributed by atoms with Crippen molar-refractivity contribution in [1.29, 1.82) is 0 Å². The van der Waals surface area contributed by atoms with Gasteiger partial charge in [-0.15, -0.1) is 0 Å². The van der Waals surface area contributed by atoms with Gasteiger partial charge in [-0.25, -0.2) is 0 Å². The molecule has 0 unspecified atom stereocenters. The van der Waals surface area contributed by atoms with Gasteiger partial charge < -0.3 is 9.80 Å². The summed E-state index contributed by atoms with van der Waals surface area (Å²) < 4.78 is 0. The zero-order valence-corrected chi connectivity index (χ0v) is 6.83. The van der Waals surface area contributed by atoms with Crippen LogP contribution in [0.5, 0.6) is 0 Å². The highest BCUT2D eigenvalue weighted by Gasteiger charge is 2.05. The van der Waals surface area contributed by atoms with E-state index in [0.29, 0.717) is 0 Å². The Labute approximate surface area is 62.4 Å². The van der Waals surface area contributed by atoms with Crippen LogP contribution in [-0.4, -0.2) is 37.5 Å². The molecule has 0 atom stereocenters. The monoisotopic (exact) mass is 138 g/mol. The Morgan fingerprint density at radius 3 is 2.60 bits per heavy atom. The van der Waals surface area contributed by atoms with Crippen molar-refractivity contribution in [3.05, 3.63) is 24.0 Å². The van der Waals surface area contributed by atoms with E-state index in [9.17, 15) is 0 Å². The molecule has 0 amide bonds. The minimum absolute atomic E-state index is 1.02. The number of nitrogens with zero attached hydrogens (tertiary/aromatic N) is 2. The minimum Gasteiger partial charge on any atom is -0.364 e. The second-order valence-corrected chi connectivity index (χ2v) is 2.73. The normalized spacial score (nSPS) is 17.1. The third-order valence-corrected chi connectivity index (χ3v) is 1.61. The molecule has 0 aromatic rings. The summed E-state index contributed by atoms with van der Waals surface area (Å²) in [5.74, 6) is 1.27. The van der Waals surface area contributed by atoms with Crippen molar-refractivity contribution in [1.82, 2.24) is 9.80 Å². The molecule has 2 heteroatoms. The Bertz CT molecular complexity index is 168. The second kappa shape index (κ2) is 2.78. The Kier molecular flexibility index (Phi) is 2.00. The third kappa shape index (κ3) is 1.32. The lowest BCUT2D eigenvalue weighted by Crippen LogP contribution is -2.29. The lowest BCUT2D eigenvalue weighted by atomic mass is 10.3. The van der Waals surface area contributed by atoms with Crippen LogP contribution in [0.3, 0.4) is 0 Å². The van der Waals surface area contributed by atoms with E-state index in [1.807, 2.05) is 0 Å². The number of rotatable bonds is 1. The average Bonchev–Trinajstić information content (AvgIpc) is 1.88. The van der Waals surface area contributed by atoms with Crippen molar-refractivity contribution >= 4 is 0 Å². The van der Waals surface area contributed by atoms with E-state index in [4.69, 9.17) is 0 Å². The molecule has 0 saturated heterocycles. The molecule has 0 fully saturated rings. The topological polar surface area (TPSA) is 6.48 Å². The summed E-state index contributed by atoms with van der Waals surface area (Å²) in [5.41, 5.74) is 0. The first kappa shape index (κ1) is 7.19. The van der Waals surface area contributed by atoms with Gasteiger partial charge in [0.2, 0.25) is 0 Å². The Hall–Kier alpha value is -0.920. The largest absolute Gasteiger partial charge is 0.364 e. The van der Waals surface area contributed by atoms with Crippen LogP contribution in [0.25, 0.3) is 0 Å². The highest BCUT2D eigenvalue weighted by atomic mass is 15.3. The summed E-state index contributed by atoms with van der Waals surface area (Å²) in [5, 5.41) is 0. The van der Waals surface area contributed by atoms with Gasteiger partial charge in [0.25, 0.3) is 0 Å². The lowest BCUT2D eigenvalue weighted by Gasteiger charge is -2.28. The number of hydrogen-bond acceptors (Lipinski definition) is 2. The maximum Gasteiger partial charge on any atom is 0.103 e. The van der Waals surface area contributed by atoms with E-state index in [1.54, 1.807) is 0 Å². The average molecular weight is 138 g/mol. The van der Waals surface area contributed by atoms with Crippen LogP contribution in [0.15, 0.2) is 24.0 Å². The molecule has 1 rings (SSSR count). The van der Waals surface area contributed by atoms with Crippen LogP contribution in [-0.2, 0) is 0 Å². The molecule has 1 aliphatic heterocycles. The third-order valence-electron chi connectivity index (χ3n) is 1.61. The first-order chi connectivity index (χ1) is 4.72. The maximum atomic E-state index is 2.21. The van der Waals surface area contributed by atoms with Crippen molar-refractivity contribution in [2.75, 3.05) is 27.7 Å². The van der Waals surface area contributed by atoms with Gasteiger partial charge in [0.1, 0.15) is 5.82 Å². The van der Waals surface area contributed by atoms with Crippen LogP contribution in [0.4, 0.5) is 0 Å². The molecule has 0 aromatic heterocycles. The first-order valence-corrected chi connectivity index (χ1v) is 3.47.